The van der Waals surface area contributed by atoms with Crippen LogP contribution in [0.1, 0.15) is 13.8 Å². The van der Waals surface area contributed by atoms with Gasteiger partial charge in [-0.2, -0.15) is 0 Å². The van der Waals surface area contributed by atoms with Crippen LogP contribution in [-0.2, 0) is 10.0 Å². The van der Waals surface area contributed by atoms with Gasteiger partial charge < -0.3 is 5.11 Å². The van der Waals surface area contributed by atoms with Crippen molar-refractivity contribution >= 4 is 27.3 Å². The molecule has 6 heteroatoms. The molecule has 0 aliphatic rings. The largest absolute Gasteiger partial charge is 0.506 e. The van der Waals surface area contributed by atoms with Crippen molar-refractivity contribution < 1.29 is 13.5 Å². The number of sulfonamides is 1. The molecule has 0 aliphatic heterocycles. The minimum Gasteiger partial charge on any atom is -0.506 e. The number of hydrogen-bond acceptors (Lipinski definition) is 3. The number of rotatable bonds is 4. The molecule has 0 unspecified atom stereocenters. The van der Waals surface area contributed by atoms with Crippen LogP contribution in [0, 0.1) is 5.92 Å². The van der Waals surface area contributed by atoms with E-state index >= 15 is 0 Å². The summed E-state index contributed by atoms with van der Waals surface area (Å²) >= 11 is 5.71. The molecule has 0 saturated heterocycles. The number of aromatic hydroxyl groups is 1. The zero-order chi connectivity index (χ0) is 12.3. The molecule has 4 nitrogen and oxygen atoms in total. The van der Waals surface area contributed by atoms with E-state index in [0.717, 1.165) is 0 Å². The van der Waals surface area contributed by atoms with Crippen LogP contribution >= 0.6 is 11.6 Å². The predicted molar refractivity (Wildman–Crippen MR) is 65.4 cm³/mol. The third kappa shape index (κ3) is 3.90. The summed E-state index contributed by atoms with van der Waals surface area (Å²) in [5, 5.41) is 9.81. The Morgan fingerprint density at radius 1 is 1.44 bits per heavy atom. The summed E-state index contributed by atoms with van der Waals surface area (Å²) in [5.74, 6) is -0.130. The molecule has 16 heavy (non-hydrogen) atoms. The number of hydrogen-bond donors (Lipinski definition) is 2. The van der Waals surface area contributed by atoms with Crippen molar-refractivity contribution in [3.8, 4) is 5.75 Å². The Morgan fingerprint density at radius 3 is 2.62 bits per heavy atom. The summed E-state index contributed by atoms with van der Waals surface area (Å²) in [6, 6.07) is 4.20. The molecule has 1 aromatic rings. The van der Waals surface area contributed by atoms with Gasteiger partial charge in [-0.15, -0.1) is 0 Å². The topological polar surface area (TPSA) is 66.4 Å². The quantitative estimate of drug-likeness (QED) is 0.820. The Morgan fingerprint density at radius 2 is 2.06 bits per heavy atom. The molecule has 0 spiro atoms. The Balaban J connectivity index is 2.92. The molecule has 0 bridgehead atoms. The normalized spacial score (nSPS) is 11.8. The summed E-state index contributed by atoms with van der Waals surface area (Å²) in [6.45, 7) is 3.61. The number of halogens is 1. The fraction of sp³-hybridized carbons (Fsp3) is 0.400. The number of phenols is 1. The standard InChI is InChI=1S/C10H14ClNO3S/c1-7(2)6-16(14,15)12-9-5-8(11)3-4-10(9)13/h3-5,7,12-13H,6H2,1-2H3. The molecule has 1 aromatic carbocycles. The number of anilines is 1. The van der Waals surface area contributed by atoms with E-state index in [1.807, 2.05) is 0 Å². The van der Waals surface area contributed by atoms with E-state index in [2.05, 4.69) is 4.72 Å². The molecule has 0 atom stereocenters. The first-order valence-corrected chi connectivity index (χ1v) is 6.82. The highest BCUT2D eigenvalue weighted by atomic mass is 35.5. The van der Waals surface area contributed by atoms with Crippen LogP contribution < -0.4 is 4.72 Å². The molecule has 0 saturated carbocycles. The van der Waals surface area contributed by atoms with Crippen LogP contribution in [0.2, 0.25) is 5.02 Å². The molecule has 0 radical (unpaired) electrons. The van der Waals surface area contributed by atoms with E-state index in [4.69, 9.17) is 11.6 Å². The fourth-order valence-corrected chi connectivity index (χ4v) is 2.87. The molecule has 0 heterocycles. The minimum absolute atomic E-state index is 0.00104. The zero-order valence-corrected chi connectivity index (χ0v) is 10.6. The third-order valence-corrected chi connectivity index (χ3v) is 3.65. The highest BCUT2D eigenvalue weighted by molar-refractivity contribution is 7.92. The van der Waals surface area contributed by atoms with Gasteiger partial charge in [-0.1, -0.05) is 25.4 Å². The lowest BCUT2D eigenvalue weighted by Gasteiger charge is -2.11. The van der Waals surface area contributed by atoms with E-state index < -0.39 is 10.0 Å². The van der Waals surface area contributed by atoms with Crippen molar-refractivity contribution in [2.45, 2.75) is 13.8 Å². The van der Waals surface area contributed by atoms with Crippen LogP contribution in [0.4, 0.5) is 5.69 Å². The SMILES string of the molecule is CC(C)CS(=O)(=O)Nc1cc(Cl)ccc1O. The number of benzene rings is 1. The van der Waals surface area contributed by atoms with Crippen LogP contribution in [-0.4, -0.2) is 19.3 Å². The summed E-state index contributed by atoms with van der Waals surface area (Å²) in [6.07, 6.45) is 0. The Kier molecular flexibility index (Phi) is 4.04. The lowest BCUT2D eigenvalue weighted by atomic mass is 10.3. The second kappa shape index (κ2) is 4.93. The minimum atomic E-state index is -3.44. The molecule has 0 fully saturated rings. The molecule has 2 N–H and O–H groups in total. The average Bonchev–Trinajstić information content (AvgIpc) is 2.08. The van der Waals surface area contributed by atoms with Gasteiger partial charge in [0.05, 0.1) is 11.4 Å². The first-order chi connectivity index (χ1) is 7.30. The predicted octanol–water partition coefficient (Wildman–Crippen LogP) is 2.44. The Hall–Kier alpha value is -0.940. The van der Waals surface area contributed by atoms with Gasteiger partial charge in [-0.05, 0) is 24.1 Å². The van der Waals surface area contributed by atoms with Crippen molar-refractivity contribution in [3.05, 3.63) is 23.2 Å². The Bertz CT molecular complexity index is 471. The molecular weight excluding hydrogens is 250 g/mol. The van der Waals surface area contributed by atoms with E-state index in [1.54, 1.807) is 13.8 Å². The summed E-state index contributed by atoms with van der Waals surface area (Å²) in [4.78, 5) is 0. The van der Waals surface area contributed by atoms with Gasteiger partial charge in [0.25, 0.3) is 0 Å². The van der Waals surface area contributed by atoms with Gasteiger partial charge in [0, 0.05) is 5.02 Å². The molecule has 1 rings (SSSR count). The Labute approximate surface area is 100 Å². The first-order valence-electron chi connectivity index (χ1n) is 4.79. The lowest BCUT2D eigenvalue weighted by molar-refractivity contribution is 0.477. The zero-order valence-electron chi connectivity index (χ0n) is 9.07. The van der Waals surface area contributed by atoms with Crippen molar-refractivity contribution in [2.24, 2.45) is 5.92 Å². The monoisotopic (exact) mass is 263 g/mol. The molecule has 0 aliphatic carbocycles. The van der Waals surface area contributed by atoms with Gasteiger partial charge in [0.15, 0.2) is 0 Å². The number of phenolic OH excluding ortho intramolecular Hbond substituents is 1. The van der Waals surface area contributed by atoms with E-state index in [1.165, 1.54) is 18.2 Å². The summed E-state index contributed by atoms with van der Waals surface area (Å²) < 4.78 is 25.5. The fourth-order valence-electron chi connectivity index (χ4n) is 1.24. The highest BCUT2D eigenvalue weighted by Gasteiger charge is 2.14. The van der Waals surface area contributed by atoms with Gasteiger partial charge in [0.1, 0.15) is 5.75 Å². The van der Waals surface area contributed by atoms with E-state index in [0.29, 0.717) is 5.02 Å². The van der Waals surface area contributed by atoms with Crippen LogP contribution in [0.5, 0.6) is 5.75 Å². The van der Waals surface area contributed by atoms with Crippen LogP contribution in [0.15, 0.2) is 18.2 Å². The third-order valence-electron chi connectivity index (χ3n) is 1.78. The van der Waals surface area contributed by atoms with Gasteiger partial charge in [-0.25, -0.2) is 8.42 Å². The maximum absolute atomic E-state index is 11.6. The molecule has 90 valence electrons. The summed E-state index contributed by atoms with van der Waals surface area (Å²) in [5.41, 5.74) is 0.105. The van der Waals surface area contributed by atoms with Gasteiger partial charge >= 0.3 is 0 Å². The van der Waals surface area contributed by atoms with Crippen molar-refractivity contribution in [3.63, 3.8) is 0 Å². The first kappa shape index (κ1) is 13.1. The maximum Gasteiger partial charge on any atom is 0.233 e. The van der Waals surface area contributed by atoms with Crippen LogP contribution in [0.25, 0.3) is 0 Å². The molecule has 0 amide bonds. The second-order valence-corrected chi connectivity index (χ2v) is 6.14. The van der Waals surface area contributed by atoms with Gasteiger partial charge in [0.2, 0.25) is 10.0 Å². The molecular formula is C10H14ClNO3S. The van der Waals surface area contributed by atoms with E-state index in [9.17, 15) is 13.5 Å². The number of nitrogens with one attached hydrogen (secondary N) is 1. The summed E-state index contributed by atoms with van der Waals surface area (Å²) in [7, 11) is -3.44. The highest BCUT2D eigenvalue weighted by Crippen LogP contribution is 2.27. The average molecular weight is 264 g/mol. The smallest absolute Gasteiger partial charge is 0.233 e. The maximum atomic E-state index is 11.6. The van der Waals surface area contributed by atoms with E-state index in [-0.39, 0.29) is 23.1 Å². The van der Waals surface area contributed by atoms with Crippen molar-refractivity contribution in [1.82, 2.24) is 0 Å². The molecule has 0 aromatic heterocycles. The van der Waals surface area contributed by atoms with Crippen LogP contribution in [0.3, 0.4) is 0 Å². The van der Waals surface area contributed by atoms with Crippen molar-refractivity contribution in [2.75, 3.05) is 10.5 Å². The second-order valence-electron chi connectivity index (χ2n) is 3.94. The van der Waals surface area contributed by atoms with Gasteiger partial charge in [-0.3, -0.25) is 4.72 Å². The van der Waals surface area contributed by atoms with Crippen molar-refractivity contribution in [1.29, 1.82) is 0 Å². The lowest BCUT2D eigenvalue weighted by Crippen LogP contribution is -2.20.